The van der Waals surface area contributed by atoms with Gasteiger partial charge in [-0.1, -0.05) is 6.92 Å². The summed E-state index contributed by atoms with van der Waals surface area (Å²) in [6, 6.07) is 4.64. The third kappa shape index (κ3) is 3.52. The molecule has 20 heavy (non-hydrogen) atoms. The van der Waals surface area contributed by atoms with E-state index in [0.29, 0.717) is 5.56 Å². The second-order valence-corrected chi connectivity index (χ2v) is 5.63. The quantitative estimate of drug-likeness (QED) is 0.837. The van der Waals surface area contributed by atoms with Gasteiger partial charge < -0.3 is 10.2 Å². The van der Waals surface area contributed by atoms with Gasteiger partial charge >= 0.3 is 0 Å². The van der Waals surface area contributed by atoms with Crippen LogP contribution in [0.15, 0.2) is 23.1 Å². The van der Waals surface area contributed by atoms with Gasteiger partial charge in [-0.15, -0.1) is 12.6 Å². The molecule has 1 fully saturated rings. The van der Waals surface area contributed by atoms with Crippen LogP contribution < -0.4 is 5.32 Å². The van der Waals surface area contributed by atoms with E-state index in [1.54, 1.807) is 6.07 Å². The van der Waals surface area contributed by atoms with Crippen molar-refractivity contribution in [3.63, 3.8) is 0 Å². The number of thiol groups is 1. The van der Waals surface area contributed by atoms with Crippen molar-refractivity contribution in [1.82, 2.24) is 10.2 Å². The monoisotopic (exact) mass is 296 g/mol. The van der Waals surface area contributed by atoms with Gasteiger partial charge in [0.1, 0.15) is 5.82 Å². The second kappa shape index (κ2) is 7.09. The molecule has 0 atom stereocenters. The number of halogens is 1. The molecule has 3 nitrogen and oxygen atoms in total. The van der Waals surface area contributed by atoms with Gasteiger partial charge in [0.25, 0.3) is 5.91 Å². The largest absolute Gasteiger partial charge is 0.336 e. The van der Waals surface area contributed by atoms with Crippen molar-refractivity contribution in [2.75, 3.05) is 19.6 Å². The number of nitrogens with zero attached hydrogens (tertiary/aromatic N) is 1. The van der Waals surface area contributed by atoms with Gasteiger partial charge in [-0.05, 0) is 50.6 Å². The SMILES string of the molecule is CCCN(C(=O)c1ccc(F)c(S)c1)C1CCNCC1. The van der Waals surface area contributed by atoms with E-state index < -0.39 is 5.82 Å². The van der Waals surface area contributed by atoms with E-state index in [1.165, 1.54) is 12.1 Å². The Bertz CT molecular complexity index is 475. The first-order valence-electron chi connectivity index (χ1n) is 7.13. The van der Waals surface area contributed by atoms with E-state index >= 15 is 0 Å². The van der Waals surface area contributed by atoms with Gasteiger partial charge in [0.05, 0.1) is 0 Å². The Kier molecular flexibility index (Phi) is 5.43. The van der Waals surface area contributed by atoms with Crippen molar-refractivity contribution in [2.24, 2.45) is 0 Å². The first-order chi connectivity index (χ1) is 9.63. The molecule has 110 valence electrons. The molecule has 1 saturated heterocycles. The van der Waals surface area contributed by atoms with Gasteiger partial charge in [-0.3, -0.25) is 4.79 Å². The second-order valence-electron chi connectivity index (χ2n) is 5.15. The summed E-state index contributed by atoms with van der Waals surface area (Å²) in [5.41, 5.74) is 0.517. The molecule has 1 heterocycles. The summed E-state index contributed by atoms with van der Waals surface area (Å²) in [6.07, 6.45) is 2.87. The van der Waals surface area contributed by atoms with Gasteiger partial charge in [-0.2, -0.15) is 0 Å². The maximum Gasteiger partial charge on any atom is 0.254 e. The normalized spacial score (nSPS) is 16.1. The number of rotatable bonds is 4. The van der Waals surface area contributed by atoms with Crippen LogP contribution >= 0.6 is 12.6 Å². The molecule has 0 aromatic heterocycles. The summed E-state index contributed by atoms with van der Waals surface area (Å²) in [4.78, 5) is 14.8. The van der Waals surface area contributed by atoms with Crippen molar-refractivity contribution in [2.45, 2.75) is 37.1 Å². The van der Waals surface area contributed by atoms with E-state index in [-0.39, 0.29) is 16.8 Å². The van der Waals surface area contributed by atoms with E-state index in [0.717, 1.165) is 38.9 Å². The predicted octanol–water partition coefficient (Wildman–Crippen LogP) is 2.72. The van der Waals surface area contributed by atoms with Crippen molar-refractivity contribution in [3.05, 3.63) is 29.6 Å². The van der Waals surface area contributed by atoms with Gasteiger partial charge in [-0.25, -0.2) is 4.39 Å². The smallest absolute Gasteiger partial charge is 0.254 e. The molecular weight excluding hydrogens is 275 g/mol. The zero-order chi connectivity index (χ0) is 14.5. The number of carbonyl (C=O) groups excluding carboxylic acids is 1. The highest BCUT2D eigenvalue weighted by Gasteiger charge is 2.25. The molecule has 0 bridgehead atoms. The predicted molar refractivity (Wildman–Crippen MR) is 80.9 cm³/mol. The summed E-state index contributed by atoms with van der Waals surface area (Å²) in [7, 11) is 0. The summed E-state index contributed by atoms with van der Waals surface area (Å²) in [6.45, 7) is 4.69. The molecule has 1 amide bonds. The average Bonchev–Trinajstić information content (AvgIpc) is 2.48. The molecule has 5 heteroatoms. The van der Waals surface area contributed by atoms with Gasteiger partial charge in [0.2, 0.25) is 0 Å². The average molecular weight is 296 g/mol. The Labute approximate surface area is 125 Å². The number of piperidine rings is 1. The molecule has 0 aliphatic carbocycles. The first-order valence-corrected chi connectivity index (χ1v) is 7.58. The van der Waals surface area contributed by atoms with E-state index in [2.05, 4.69) is 24.9 Å². The first kappa shape index (κ1) is 15.3. The van der Waals surface area contributed by atoms with Crippen LogP contribution in [0, 0.1) is 5.82 Å². The molecule has 0 spiro atoms. The minimum atomic E-state index is -0.395. The molecule has 0 unspecified atom stereocenters. The fourth-order valence-electron chi connectivity index (χ4n) is 2.62. The van der Waals surface area contributed by atoms with Crippen LogP contribution in [0.1, 0.15) is 36.5 Å². The lowest BCUT2D eigenvalue weighted by Gasteiger charge is -2.34. The van der Waals surface area contributed by atoms with E-state index in [1.807, 2.05) is 4.90 Å². The standard InChI is InChI=1S/C15H21FN2OS/c1-2-9-18(12-5-7-17-8-6-12)15(19)11-3-4-13(16)14(20)10-11/h3-4,10,12,17,20H,2,5-9H2,1H3. The summed E-state index contributed by atoms with van der Waals surface area (Å²) >= 11 is 4.05. The summed E-state index contributed by atoms with van der Waals surface area (Å²) in [5.74, 6) is -0.414. The Morgan fingerprint density at radius 1 is 1.45 bits per heavy atom. The fraction of sp³-hybridized carbons (Fsp3) is 0.533. The number of hydrogen-bond donors (Lipinski definition) is 2. The van der Waals surface area contributed by atoms with Gasteiger partial charge in [0, 0.05) is 23.0 Å². The highest BCUT2D eigenvalue weighted by Crippen LogP contribution is 2.19. The molecule has 0 radical (unpaired) electrons. The van der Waals surface area contributed by atoms with Crippen molar-refractivity contribution in [1.29, 1.82) is 0 Å². The third-order valence-electron chi connectivity index (χ3n) is 3.67. The topological polar surface area (TPSA) is 32.3 Å². The molecule has 2 rings (SSSR count). The molecule has 1 aliphatic rings. The Morgan fingerprint density at radius 2 is 2.15 bits per heavy atom. The van der Waals surface area contributed by atoms with Crippen LogP contribution in [-0.2, 0) is 0 Å². The Hall–Kier alpha value is -1.07. The number of benzene rings is 1. The number of carbonyl (C=O) groups is 1. The van der Waals surface area contributed by atoms with Crippen LogP contribution in [-0.4, -0.2) is 36.5 Å². The summed E-state index contributed by atoms with van der Waals surface area (Å²) < 4.78 is 13.3. The van der Waals surface area contributed by atoms with Crippen LogP contribution in [0.2, 0.25) is 0 Å². The van der Waals surface area contributed by atoms with Crippen LogP contribution in [0.4, 0.5) is 4.39 Å². The maximum absolute atomic E-state index is 13.3. The molecular formula is C15H21FN2OS. The highest BCUT2D eigenvalue weighted by molar-refractivity contribution is 7.80. The van der Waals surface area contributed by atoms with Crippen LogP contribution in [0.3, 0.4) is 0 Å². The molecule has 0 saturated carbocycles. The molecule has 1 aliphatic heterocycles. The Balaban J connectivity index is 2.18. The Morgan fingerprint density at radius 3 is 2.75 bits per heavy atom. The third-order valence-corrected chi connectivity index (χ3v) is 4.01. The van der Waals surface area contributed by atoms with Crippen LogP contribution in [0.25, 0.3) is 0 Å². The number of hydrogen-bond acceptors (Lipinski definition) is 3. The van der Waals surface area contributed by atoms with E-state index in [4.69, 9.17) is 0 Å². The lowest BCUT2D eigenvalue weighted by Crippen LogP contribution is -2.46. The molecule has 1 aromatic rings. The molecule has 1 aromatic carbocycles. The maximum atomic E-state index is 13.3. The lowest BCUT2D eigenvalue weighted by atomic mass is 10.0. The highest BCUT2D eigenvalue weighted by atomic mass is 32.1. The summed E-state index contributed by atoms with van der Waals surface area (Å²) in [5, 5.41) is 3.31. The minimum Gasteiger partial charge on any atom is -0.336 e. The van der Waals surface area contributed by atoms with Gasteiger partial charge in [0.15, 0.2) is 0 Å². The number of amides is 1. The minimum absolute atomic E-state index is 0.0194. The van der Waals surface area contributed by atoms with E-state index in [9.17, 15) is 9.18 Å². The van der Waals surface area contributed by atoms with Crippen molar-refractivity contribution in [3.8, 4) is 0 Å². The van der Waals surface area contributed by atoms with Crippen molar-refractivity contribution >= 4 is 18.5 Å². The lowest BCUT2D eigenvalue weighted by molar-refractivity contribution is 0.0642. The zero-order valence-electron chi connectivity index (χ0n) is 11.7. The number of nitrogens with one attached hydrogen (secondary N) is 1. The molecule has 1 N–H and O–H groups in total. The zero-order valence-corrected chi connectivity index (χ0v) is 12.6. The van der Waals surface area contributed by atoms with Crippen LogP contribution in [0.5, 0.6) is 0 Å². The fourth-order valence-corrected chi connectivity index (χ4v) is 2.83. The van der Waals surface area contributed by atoms with Crippen molar-refractivity contribution < 1.29 is 9.18 Å².